The molecule has 0 aliphatic carbocycles. The Morgan fingerprint density at radius 2 is 1.56 bits per heavy atom. The number of rotatable bonds is 4. The maximum atomic E-state index is 6.18. The van der Waals surface area contributed by atoms with Gasteiger partial charge in [-0.15, -0.1) is 0 Å². The summed E-state index contributed by atoms with van der Waals surface area (Å²) in [5.74, 6) is 5.62. The van der Waals surface area contributed by atoms with E-state index < -0.39 is 0 Å². The van der Waals surface area contributed by atoms with Crippen molar-refractivity contribution in [3.05, 3.63) is 69.7 Å². The lowest BCUT2D eigenvalue weighted by atomic mass is 9.99. The van der Waals surface area contributed by atoms with Crippen LogP contribution in [0.5, 0.6) is 0 Å². The summed E-state index contributed by atoms with van der Waals surface area (Å²) in [5.41, 5.74) is 4.81. The van der Waals surface area contributed by atoms with Gasteiger partial charge in [0.25, 0.3) is 0 Å². The second kappa shape index (κ2) is 6.21. The van der Waals surface area contributed by atoms with Crippen molar-refractivity contribution in [1.29, 1.82) is 0 Å². The van der Waals surface area contributed by atoms with Crippen LogP contribution in [-0.2, 0) is 6.42 Å². The maximum Gasteiger partial charge on any atom is 0.0515 e. The molecule has 0 radical (unpaired) electrons. The van der Waals surface area contributed by atoms with Gasteiger partial charge in [-0.25, -0.2) is 0 Å². The molecule has 2 aromatic rings. The van der Waals surface area contributed by atoms with Crippen LogP contribution < -0.4 is 11.3 Å². The molecule has 0 aliphatic heterocycles. The van der Waals surface area contributed by atoms with Gasteiger partial charge in [-0.05, 0) is 29.7 Å². The molecule has 0 aliphatic rings. The molecule has 0 heterocycles. The van der Waals surface area contributed by atoms with E-state index in [0.717, 1.165) is 16.1 Å². The van der Waals surface area contributed by atoms with E-state index in [1.54, 1.807) is 0 Å². The van der Waals surface area contributed by atoms with Gasteiger partial charge >= 0.3 is 0 Å². The van der Waals surface area contributed by atoms with E-state index >= 15 is 0 Å². The highest BCUT2D eigenvalue weighted by Crippen LogP contribution is 2.27. The molecular weight excluding hydrogens is 267 g/mol. The first kappa shape index (κ1) is 13.4. The minimum absolute atomic E-state index is 0.0569. The molecule has 0 saturated heterocycles. The second-order valence-corrected chi connectivity index (χ2v) is 4.85. The summed E-state index contributed by atoms with van der Waals surface area (Å²) in [6, 6.07) is 15.3. The van der Waals surface area contributed by atoms with Gasteiger partial charge < -0.3 is 0 Å². The monoisotopic (exact) mass is 280 g/mol. The fourth-order valence-corrected chi connectivity index (χ4v) is 2.38. The molecule has 1 atom stereocenters. The van der Waals surface area contributed by atoms with E-state index in [1.165, 1.54) is 0 Å². The van der Waals surface area contributed by atoms with Crippen LogP contribution in [0.25, 0.3) is 0 Å². The van der Waals surface area contributed by atoms with Crippen LogP contribution in [0.1, 0.15) is 17.2 Å². The Kier molecular flexibility index (Phi) is 4.61. The summed E-state index contributed by atoms with van der Waals surface area (Å²) in [6.07, 6.45) is 0.694. The fraction of sp³-hybridized carbons (Fsp3) is 0.143. The van der Waals surface area contributed by atoms with Gasteiger partial charge in [0.05, 0.1) is 6.04 Å². The highest BCUT2D eigenvalue weighted by Gasteiger charge is 2.14. The van der Waals surface area contributed by atoms with Gasteiger partial charge in [-0.1, -0.05) is 59.6 Å². The summed E-state index contributed by atoms with van der Waals surface area (Å²) >= 11 is 12.3. The summed E-state index contributed by atoms with van der Waals surface area (Å²) < 4.78 is 0. The Balaban J connectivity index is 2.26. The van der Waals surface area contributed by atoms with Crippen LogP contribution in [0, 0.1) is 0 Å². The quantitative estimate of drug-likeness (QED) is 0.661. The third kappa shape index (κ3) is 3.03. The van der Waals surface area contributed by atoms with Crippen LogP contribution in [0.2, 0.25) is 10.0 Å². The predicted octanol–water partition coefficient (Wildman–Crippen LogP) is 3.74. The van der Waals surface area contributed by atoms with Crippen LogP contribution in [0.4, 0.5) is 0 Å². The molecule has 1 unspecified atom stereocenters. The topological polar surface area (TPSA) is 38.0 Å². The van der Waals surface area contributed by atoms with E-state index in [1.807, 2.05) is 48.5 Å². The molecule has 4 heteroatoms. The van der Waals surface area contributed by atoms with Crippen molar-refractivity contribution in [2.75, 3.05) is 0 Å². The van der Waals surface area contributed by atoms with Gasteiger partial charge in [0.1, 0.15) is 0 Å². The molecule has 0 saturated carbocycles. The zero-order chi connectivity index (χ0) is 13.0. The standard InChI is InChI=1S/C14H14Cl2N2/c15-12-7-3-1-5-10(12)9-14(18-17)11-6-2-4-8-13(11)16/h1-8,14,18H,9,17H2. The summed E-state index contributed by atoms with van der Waals surface area (Å²) in [5, 5.41) is 1.44. The first-order chi connectivity index (χ1) is 8.72. The van der Waals surface area contributed by atoms with Crippen molar-refractivity contribution in [3.63, 3.8) is 0 Å². The lowest BCUT2D eigenvalue weighted by Crippen LogP contribution is -2.29. The van der Waals surface area contributed by atoms with Crippen LogP contribution in [-0.4, -0.2) is 0 Å². The summed E-state index contributed by atoms with van der Waals surface area (Å²) in [7, 11) is 0. The van der Waals surface area contributed by atoms with E-state index in [-0.39, 0.29) is 6.04 Å². The predicted molar refractivity (Wildman–Crippen MR) is 76.7 cm³/mol. The molecule has 0 fully saturated rings. The SMILES string of the molecule is NNC(Cc1ccccc1Cl)c1ccccc1Cl. The summed E-state index contributed by atoms with van der Waals surface area (Å²) in [6.45, 7) is 0. The third-order valence-electron chi connectivity index (χ3n) is 2.86. The Hall–Kier alpha value is -1.06. The lowest BCUT2D eigenvalue weighted by molar-refractivity contribution is 0.552. The van der Waals surface area contributed by atoms with E-state index in [2.05, 4.69) is 5.43 Å². The molecule has 0 bridgehead atoms. The largest absolute Gasteiger partial charge is 0.271 e. The average Bonchev–Trinajstić information content (AvgIpc) is 2.39. The number of hydrogen-bond acceptors (Lipinski definition) is 2. The Morgan fingerprint density at radius 1 is 0.944 bits per heavy atom. The Labute approximate surface area is 117 Å². The molecule has 18 heavy (non-hydrogen) atoms. The van der Waals surface area contributed by atoms with Crippen molar-refractivity contribution in [2.45, 2.75) is 12.5 Å². The molecular formula is C14H14Cl2N2. The van der Waals surface area contributed by atoms with Gasteiger partial charge in [0.2, 0.25) is 0 Å². The molecule has 2 nitrogen and oxygen atoms in total. The van der Waals surface area contributed by atoms with Gasteiger partial charge in [-0.2, -0.15) is 0 Å². The summed E-state index contributed by atoms with van der Waals surface area (Å²) in [4.78, 5) is 0. The van der Waals surface area contributed by atoms with E-state index in [0.29, 0.717) is 11.4 Å². The van der Waals surface area contributed by atoms with E-state index in [4.69, 9.17) is 29.0 Å². The van der Waals surface area contributed by atoms with Crippen LogP contribution in [0.3, 0.4) is 0 Å². The van der Waals surface area contributed by atoms with E-state index in [9.17, 15) is 0 Å². The van der Waals surface area contributed by atoms with Crippen molar-refractivity contribution >= 4 is 23.2 Å². The fourth-order valence-electron chi connectivity index (χ4n) is 1.90. The lowest BCUT2D eigenvalue weighted by Gasteiger charge is -2.18. The molecule has 0 aromatic heterocycles. The smallest absolute Gasteiger partial charge is 0.0515 e. The Morgan fingerprint density at radius 3 is 2.17 bits per heavy atom. The minimum Gasteiger partial charge on any atom is -0.271 e. The Bertz CT molecular complexity index is 529. The van der Waals surface area contributed by atoms with Gasteiger partial charge in [-0.3, -0.25) is 11.3 Å². The van der Waals surface area contributed by atoms with Gasteiger partial charge in [0, 0.05) is 10.0 Å². The number of nitrogens with two attached hydrogens (primary N) is 1. The molecule has 3 N–H and O–H groups in total. The van der Waals surface area contributed by atoms with Crippen LogP contribution >= 0.6 is 23.2 Å². The van der Waals surface area contributed by atoms with Crippen LogP contribution in [0.15, 0.2) is 48.5 Å². The zero-order valence-corrected chi connectivity index (χ0v) is 11.2. The van der Waals surface area contributed by atoms with Crippen molar-refractivity contribution in [3.8, 4) is 0 Å². The highest BCUT2D eigenvalue weighted by molar-refractivity contribution is 6.31. The number of benzene rings is 2. The maximum absolute atomic E-state index is 6.18. The molecule has 94 valence electrons. The number of hydrogen-bond donors (Lipinski definition) is 2. The third-order valence-corrected chi connectivity index (χ3v) is 3.58. The van der Waals surface area contributed by atoms with Crippen molar-refractivity contribution < 1.29 is 0 Å². The normalized spacial score (nSPS) is 12.4. The number of halogens is 2. The molecule has 0 spiro atoms. The first-order valence-corrected chi connectivity index (χ1v) is 6.42. The zero-order valence-electron chi connectivity index (χ0n) is 9.74. The first-order valence-electron chi connectivity index (χ1n) is 5.66. The molecule has 0 amide bonds. The number of hydrazine groups is 1. The average molecular weight is 281 g/mol. The second-order valence-electron chi connectivity index (χ2n) is 4.04. The highest BCUT2D eigenvalue weighted by atomic mass is 35.5. The molecule has 2 rings (SSSR count). The van der Waals surface area contributed by atoms with Crippen molar-refractivity contribution in [1.82, 2.24) is 5.43 Å². The van der Waals surface area contributed by atoms with Crippen molar-refractivity contribution in [2.24, 2.45) is 5.84 Å². The number of nitrogens with one attached hydrogen (secondary N) is 1. The molecule has 2 aromatic carbocycles. The van der Waals surface area contributed by atoms with Gasteiger partial charge in [0.15, 0.2) is 0 Å². The minimum atomic E-state index is -0.0569.